The molecule has 5 atom stereocenters. The highest BCUT2D eigenvalue weighted by molar-refractivity contribution is 5.89. The van der Waals surface area contributed by atoms with Gasteiger partial charge in [0.15, 0.2) is 6.61 Å². The summed E-state index contributed by atoms with van der Waals surface area (Å²) in [7, 11) is 0. The van der Waals surface area contributed by atoms with Crippen LogP contribution in [0.25, 0.3) is 10.8 Å². The van der Waals surface area contributed by atoms with E-state index in [1.807, 2.05) is 36.4 Å². The van der Waals surface area contributed by atoms with Crippen LogP contribution in [0.3, 0.4) is 0 Å². The molecule has 1 aliphatic rings. The van der Waals surface area contributed by atoms with Crippen LogP contribution in [0.15, 0.2) is 71.8 Å². The quantitative estimate of drug-likeness (QED) is 0.231. The number of aliphatic hydroxyl groups excluding tert-OH is 4. The predicted molar refractivity (Wildman–Crippen MR) is 126 cm³/mol. The summed E-state index contributed by atoms with van der Waals surface area (Å²) in [5.74, 6) is 0.507. The van der Waals surface area contributed by atoms with E-state index in [1.54, 1.807) is 30.3 Å². The number of hydrogen-bond donors (Lipinski definition) is 5. The Kier molecular flexibility index (Phi) is 7.91. The lowest BCUT2D eigenvalue weighted by Crippen LogP contribution is -2.60. The molecular weight excluding hydrogens is 456 g/mol. The fraction of sp³-hybridized carbons (Fsp3) is 0.280. The minimum Gasteiger partial charge on any atom is -0.483 e. The van der Waals surface area contributed by atoms with Crippen molar-refractivity contribution in [3.05, 3.63) is 72.3 Å². The van der Waals surface area contributed by atoms with Crippen molar-refractivity contribution in [2.24, 2.45) is 5.10 Å². The smallest absolute Gasteiger partial charge is 0.277 e. The zero-order chi connectivity index (χ0) is 24.8. The van der Waals surface area contributed by atoms with Crippen LogP contribution in [0.4, 0.5) is 0 Å². The maximum absolute atomic E-state index is 12.1. The Bertz CT molecular complexity index is 1160. The van der Waals surface area contributed by atoms with Crippen LogP contribution in [-0.2, 0) is 9.53 Å². The predicted octanol–water partition coefficient (Wildman–Crippen LogP) is 0.548. The minimum absolute atomic E-state index is 0.197. The molecule has 1 fully saturated rings. The molecule has 1 saturated heterocycles. The van der Waals surface area contributed by atoms with Crippen molar-refractivity contribution >= 4 is 22.9 Å². The van der Waals surface area contributed by atoms with Crippen LogP contribution in [-0.4, -0.2) is 76.5 Å². The van der Waals surface area contributed by atoms with Gasteiger partial charge in [-0.3, -0.25) is 4.79 Å². The molecule has 0 bridgehead atoms. The van der Waals surface area contributed by atoms with Gasteiger partial charge in [0.2, 0.25) is 6.29 Å². The van der Waals surface area contributed by atoms with E-state index in [9.17, 15) is 25.2 Å². The van der Waals surface area contributed by atoms with Crippen molar-refractivity contribution in [2.45, 2.75) is 30.7 Å². The summed E-state index contributed by atoms with van der Waals surface area (Å²) in [5, 5.41) is 44.8. The largest absolute Gasteiger partial charge is 0.483 e. The molecule has 1 aliphatic heterocycles. The van der Waals surface area contributed by atoms with Crippen LogP contribution in [0.1, 0.15) is 5.56 Å². The Balaban J connectivity index is 1.27. The van der Waals surface area contributed by atoms with E-state index in [0.29, 0.717) is 17.1 Å². The molecule has 0 aromatic heterocycles. The standard InChI is InChI=1S/C25H26N2O8/c28-13-20-22(30)23(31)24(32)25(35-20)34-17-10-8-15(9-11-17)12-26-27-21(29)14-33-19-7-3-5-16-4-1-2-6-18(16)19/h1-12,20,22-25,28,30-32H,13-14H2,(H,27,29)/b26-12+/t20-,22-,23+,24-,25-/m0/s1. The number of hydrazone groups is 1. The van der Waals surface area contributed by atoms with Crippen molar-refractivity contribution in [3.8, 4) is 11.5 Å². The average Bonchev–Trinajstić information content (AvgIpc) is 2.88. The Morgan fingerprint density at radius 1 is 0.971 bits per heavy atom. The first-order chi connectivity index (χ1) is 17.0. The molecule has 0 radical (unpaired) electrons. The highest BCUT2D eigenvalue weighted by atomic mass is 16.7. The van der Waals surface area contributed by atoms with Gasteiger partial charge in [0, 0.05) is 5.39 Å². The Labute approximate surface area is 201 Å². The third kappa shape index (κ3) is 5.94. The number of aliphatic hydroxyl groups is 4. The summed E-state index contributed by atoms with van der Waals surface area (Å²) in [6.45, 7) is -0.740. The molecule has 0 saturated carbocycles. The van der Waals surface area contributed by atoms with Gasteiger partial charge >= 0.3 is 0 Å². The van der Waals surface area contributed by atoms with Crippen molar-refractivity contribution in [1.29, 1.82) is 0 Å². The Morgan fingerprint density at radius 3 is 2.49 bits per heavy atom. The van der Waals surface area contributed by atoms with Gasteiger partial charge in [-0.15, -0.1) is 0 Å². The first-order valence-corrected chi connectivity index (χ1v) is 11.0. The number of rotatable bonds is 8. The first kappa shape index (κ1) is 24.6. The summed E-state index contributed by atoms with van der Waals surface area (Å²) in [5.41, 5.74) is 3.06. The number of nitrogens with one attached hydrogen (secondary N) is 1. The third-order valence-corrected chi connectivity index (χ3v) is 5.49. The van der Waals surface area contributed by atoms with Crippen molar-refractivity contribution in [1.82, 2.24) is 5.43 Å². The van der Waals surface area contributed by atoms with Crippen LogP contribution >= 0.6 is 0 Å². The summed E-state index contributed by atoms with van der Waals surface area (Å²) >= 11 is 0. The van der Waals surface area contributed by atoms with E-state index in [1.165, 1.54) is 6.21 Å². The van der Waals surface area contributed by atoms with Crippen LogP contribution < -0.4 is 14.9 Å². The number of benzene rings is 3. The molecule has 5 N–H and O–H groups in total. The number of nitrogens with zero attached hydrogens (tertiary/aromatic N) is 1. The maximum atomic E-state index is 12.1. The van der Waals surface area contributed by atoms with E-state index in [2.05, 4.69) is 10.5 Å². The molecule has 184 valence electrons. The van der Waals surface area contributed by atoms with E-state index in [-0.39, 0.29) is 6.61 Å². The second-order valence-corrected chi connectivity index (χ2v) is 7.94. The van der Waals surface area contributed by atoms with Gasteiger partial charge in [0.1, 0.15) is 35.9 Å². The fourth-order valence-electron chi connectivity index (χ4n) is 3.61. The van der Waals surface area contributed by atoms with Crippen molar-refractivity contribution in [3.63, 3.8) is 0 Å². The van der Waals surface area contributed by atoms with Gasteiger partial charge in [-0.2, -0.15) is 5.10 Å². The normalized spacial score (nSPS) is 24.4. The maximum Gasteiger partial charge on any atom is 0.277 e. The highest BCUT2D eigenvalue weighted by Gasteiger charge is 2.44. The van der Waals surface area contributed by atoms with Gasteiger partial charge in [0.25, 0.3) is 5.91 Å². The van der Waals surface area contributed by atoms with Gasteiger partial charge in [-0.05, 0) is 41.3 Å². The lowest BCUT2D eigenvalue weighted by Gasteiger charge is -2.39. The molecule has 1 amide bonds. The molecule has 1 heterocycles. The lowest BCUT2D eigenvalue weighted by molar-refractivity contribution is -0.277. The summed E-state index contributed by atoms with van der Waals surface area (Å²) in [6.07, 6.45) is -5.37. The summed E-state index contributed by atoms with van der Waals surface area (Å²) in [6, 6.07) is 19.8. The van der Waals surface area contributed by atoms with E-state index < -0.39 is 43.2 Å². The van der Waals surface area contributed by atoms with Crippen LogP contribution in [0, 0.1) is 0 Å². The fourth-order valence-corrected chi connectivity index (χ4v) is 3.61. The van der Waals surface area contributed by atoms with E-state index in [4.69, 9.17) is 14.2 Å². The molecule has 35 heavy (non-hydrogen) atoms. The topological polar surface area (TPSA) is 150 Å². The van der Waals surface area contributed by atoms with Gasteiger partial charge in [-0.25, -0.2) is 5.43 Å². The molecular formula is C25H26N2O8. The molecule has 0 unspecified atom stereocenters. The second kappa shape index (κ2) is 11.3. The summed E-state index contributed by atoms with van der Waals surface area (Å²) in [4.78, 5) is 12.1. The van der Waals surface area contributed by atoms with Crippen LogP contribution in [0.2, 0.25) is 0 Å². The van der Waals surface area contributed by atoms with Gasteiger partial charge in [0.05, 0.1) is 12.8 Å². The van der Waals surface area contributed by atoms with Gasteiger partial charge < -0.3 is 34.6 Å². The zero-order valence-corrected chi connectivity index (χ0v) is 18.6. The Morgan fingerprint density at radius 2 is 1.71 bits per heavy atom. The van der Waals surface area contributed by atoms with Crippen molar-refractivity contribution in [2.75, 3.05) is 13.2 Å². The Hall–Kier alpha value is -3.54. The van der Waals surface area contributed by atoms with Crippen LogP contribution in [0.5, 0.6) is 11.5 Å². The molecule has 10 nitrogen and oxygen atoms in total. The molecule has 3 aromatic rings. The number of hydrogen-bond acceptors (Lipinski definition) is 9. The number of carbonyl (C=O) groups excluding carboxylic acids is 1. The number of carbonyl (C=O) groups is 1. The van der Waals surface area contributed by atoms with Gasteiger partial charge in [-0.1, -0.05) is 36.4 Å². The summed E-state index contributed by atoms with van der Waals surface area (Å²) < 4.78 is 16.5. The molecule has 3 aromatic carbocycles. The van der Waals surface area contributed by atoms with E-state index in [0.717, 1.165) is 10.8 Å². The molecule has 0 spiro atoms. The first-order valence-electron chi connectivity index (χ1n) is 11.0. The number of ether oxygens (including phenoxy) is 3. The molecule has 4 rings (SSSR count). The number of fused-ring (bicyclic) bond motifs is 1. The molecule has 10 heteroatoms. The average molecular weight is 482 g/mol. The monoisotopic (exact) mass is 482 g/mol. The SMILES string of the molecule is O=C(COc1cccc2ccccc12)N/N=C/c1ccc(O[C@H]2O[C@@H](CO)[C@H](O)[C@@H](O)[C@@H]2O)cc1. The second-order valence-electron chi connectivity index (χ2n) is 7.94. The van der Waals surface area contributed by atoms with E-state index >= 15 is 0 Å². The highest BCUT2D eigenvalue weighted by Crippen LogP contribution is 2.25. The third-order valence-electron chi connectivity index (χ3n) is 5.49. The van der Waals surface area contributed by atoms with Crippen molar-refractivity contribution < 1.29 is 39.4 Å². The lowest BCUT2D eigenvalue weighted by atomic mass is 9.99. The molecule has 0 aliphatic carbocycles. The number of amides is 1. The minimum atomic E-state index is -1.52. The zero-order valence-electron chi connectivity index (χ0n) is 18.6.